The Morgan fingerprint density at radius 3 is 2.80 bits per heavy atom. The molecule has 0 amide bonds. The molecule has 0 radical (unpaired) electrons. The van der Waals surface area contributed by atoms with Gasteiger partial charge in [0.2, 0.25) is 0 Å². The van der Waals surface area contributed by atoms with E-state index in [1.54, 1.807) is 29.1 Å². The van der Waals surface area contributed by atoms with Crippen molar-refractivity contribution in [2.45, 2.75) is 13.5 Å². The molecule has 0 bridgehead atoms. The number of carboxylic acid groups (broad SMARTS) is 1. The van der Waals surface area contributed by atoms with E-state index in [4.69, 9.17) is 0 Å². The van der Waals surface area contributed by atoms with Gasteiger partial charge in [0.1, 0.15) is 17.0 Å². The fourth-order valence-electron chi connectivity index (χ4n) is 3.01. The number of nitrogens with zero attached hydrogens (tertiary/aromatic N) is 4. The number of hydrogen-bond donors (Lipinski definition) is 1. The summed E-state index contributed by atoms with van der Waals surface area (Å²) in [5.41, 5.74) is 2.17. The molecule has 0 atom stereocenters. The van der Waals surface area contributed by atoms with Crippen molar-refractivity contribution in [3.05, 3.63) is 76.1 Å². The highest BCUT2D eigenvalue weighted by molar-refractivity contribution is 5.93. The van der Waals surface area contributed by atoms with Gasteiger partial charge in [-0.25, -0.2) is 9.78 Å². The van der Waals surface area contributed by atoms with Gasteiger partial charge in [-0.1, -0.05) is 12.1 Å². The lowest BCUT2D eigenvalue weighted by Gasteiger charge is -2.09. The summed E-state index contributed by atoms with van der Waals surface area (Å²) in [4.78, 5) is 33.1. The average Bonchev–Trinajstić information content (AvgIpc) is 2.95. The zero-order valence-corrected chi connectivity index (χ0v) is 13.4. The minimum Gasteiger partial charge on any atom is -0.477 e. The van der Waals surface area contributed by atoms with E-state index >= 15 is 0 Å². The van der Waals surface area contributed by atoms with Gasteiger partial charge in [-0.05, 0) is 36.8 Å². The molecule has 7 nitrogen and oxygen atoms in total. The van der Waals surface area contributed by atoms with E-state index in [-0.39, 0.29) is 23.2 Å². The van der Waals surface area contributed by atoms with Crippen LogP contribution in [0.25, 0.3) is 16.7 Å². The highest BCUT2D eigenvalue weighted by Crippen LogP contribution is 2.19. The van der Waals surface area contributed by atoms with Crippen LogP contribution in [0.3, 0.4) is 0 Å². The van der Waals surface area contributed by atoms with Crippen LogP contribution in [0.1, 0.15) is 21.7 Å². The van der Waals surface area contributed by atoms with E-state index < -0.39 is 5.97 Å². The number of aromatic nitrogens is 4. The molecule has 0 fully saturated rings. The van der Waals surface area contributed by atoms with Gasteiger partial charge in [-0.15, -0.1) is 0 Å². The average molecular weight is 334 g/mol. The van der Waals surface area contributed by atoms with Crippen molar-refractivity contribution >= 4 is 22.6 Å². The van der Waals surface area contributed by atoms with Gasteiger partial charge in [0, 0.05) is 18.1 Å². The lowest BCUT2D eigenvalue weighted by molar-refractivity contribution is 0.0686. The van der Waals surface area contributed by atoms with Crippen LogP contribution in [-0.4, -0.2) is 30.0 Å². The van der Waals surface area contributed by atoms with Crippen molar-refractivity contribution in [2.75, 3.05) is 0 Å². The highest BCUT2D eigenvalue weighted by atomic mass is 16.4. The highest BCUT2D eigenvalue weighted by Gasteiger charge is 2.19. The van der Waals surface area contributed by atoms with Crippen molar-refractivity contribution in [2.24, 2.45) is 0 Å². The van der Waals surface area contributed by atoms with Crippen LogP contribution in [0, 0.1) is 6.92 Å². The van der Waals surface area contributed by atoms with Crippen molar-refractivity contribution in [1.29, 1.82) is 0 Å². The van der Waals surface area contributed by atoms with Crippen LogP contribution in [0.4, 0.5) is 0 Å². The maximum Gasteiger partial charge on any atom is 0.352 e. The van der Waals surface area contributed by atoms with Crippen LogP contribution in [-0.2, 0) is 6.54 Å². The van der Waals surface area contributed by atoms with Gasteiger partial charge in [0.15, 0.2) is 0 Å². The Kier molecular flexibility index (Phi) is 3.35. The molecular formula is C18H14N4O3. The van der Waals surface area contributed by atoms with Gasteiger partial charge in [-0.3, -0.25) is 14.2 Å². The number of hydrogen-bond acceptors (Lipinski definition) is 4. The molecule has 0 saturated carbocycles. The van der Waals surface area contributed by atoms with Crippen LogP contribution in [0.2, 0.25) is 0 Å². The minimum atomic E-state index is -1.10. The summed E-state index contributed by atoms with van der Waals surface area (Å²) in [5.74, 6) is -1.10. The molecule has 0 aliphatic carbocycles. The fourth-order valence-corrected chi connectivity index (χ4v) is 3.01. The van der Waals surface area contributed by atoms with Crippen LogP contribution >= 0.6 is 0 Å². The van der Waals surface area contributed by atoms with Crippen LogP contribution in [0.15, 0.2) is 53.6 Å². The normalized spacial score (nSPS) is 11.2. The second-order valence-electron chi connectivity index (χ2n) is 5.80. The molecule has 7 heteroatoms. The van der Waals surface area contributed by atoms with E-state index in [1.807, 2.05) is 25.1 Å². The molecule has 4 aromatic heterocycles. The predicted octanol–water partition coefficient (Wildman–Crippen LogP) is 2.10. The molecule has 4 aromatic rings. The summed E-state index contributed by atoms with van der Waals surface area (Å²) < 4.78 is 3.03. The van der Waals surface area contributed by atoms with Crippen molar-refractivity contribution in [3.8, 4) is 0 Å². The number of fused-ring (bicyclic) bond motifs is 2. The molecule has 0 aliphatic heterocycles. The number of aryl methyl sites for hydroxylation is 1. The molecule has 0 spiro atoms. The number of carbonyl (C=O) groups is 1. The van der Waals surface area contributed by atoms with Gasteiger partial charge in [-0.2, -0.15) is 0 Å². The second kappa shape index (κ2) is 5.55. The van der Waals surface area contributed by atoms with E-state index in [0.717, 1.165) is 11.3 Å². The molecular weight excluding hydrogens is 320 g/mol. The van der Waals surface area contributed by atoms with Gasteiger partial charge in [0.25, 0.3) is 5.56 Å². The Hall–Kier alpha value is -3.48. The van der Waals surface area contributed by atoms with E-state index in [0.29, 0.717) is 11.3 Å². The maximum absolute atomic E-state index is 12.9. The van der Waals surface area contributed by atoms with E-state index in [1.165, 1.54) is 10.5 Å². The Morgan fingerprint density at radius 1 is 1.24 bits per heavy atom. The second-order valence-corrected chi connectivity index (χ2v) is 5.80. The summed E-state index contributed by atoms with van der Waals surface area (Å²) in [6, 6.07) is 10.4. The largest absolute Gasteiger partial charge is 0.477 e. The number of carboxylic acids is 1. The summed E-state index contributed by atoms with van der Waals surface area (Å²) >= 11 is 0. The first-order valence-electron chi connectivity index (χ1n) is 7.70. The molecule has 4 rings (SSSR count). The third-order valence-corrected chi connectivity index (χ3v) is 4.17. The number of pyridine rings is 2. The van der Waals surface area contributed by atoms with Gasteiger partial charge in [0.05, 0.1) is 11.9 Å². The molecule has 0 aromatic carbocycles. The molecule has 1 N–H and O–H groups in total. The minimum absolute atomic E-state index is 0.0250. The van der Waals surface area contributed by atoms with E-state index in [2.05, 4.69) is 9.97 Å². The molecule has 0 unspecified atom stereocenters. The third-order valence-electron chi connectivity index (χ3n) is 4.17. The van der Waals surface area contributed by atoms with Gasteiger partial charge < -0.3 is 9.67 Å². The lowest BCUT2D eigenvalue weighted by Crippen LogP contribution is -2.17. The number of aromatic carboxylic acids is 1. The molecule has 0 aliphatic rings. The first-order chi connectivity index (χ1) is 12.1. The first kappa shape index (κ1) is 15.1. The fraction of sp³-hybridized carbons (Fsp3) is 0.111. The van der Waals surface area contributed by atoms with Gasteiger partial charge >= 0.3 is 5.97 Å². The molecule has 25 heavy (non-hydrogen) atoms. The van der Waals surface area contributed by atoms with Crippen molar-refractivity contribution in [1.82, 2.24) is 18.9 Å². The first-order valence-corrected chi connectivity index (χ1v) is 7.70. The zero-order chi connectivity index (χ0) is 17.6. The quantitative estimate of drug-likeness (QED) is 0.620. The Morgan fingerprint density at radius 2 is 2.08 bits per heavy atom. The summed E-state index contributed by atoms with van der Waals surface area (Å²) in [6.45, 7) is 2.08. The maximum atomic E-state index is 12.9. The smallest absolute Gasteiger partial charge is 0.352 e. The van der Waals surface area contributed by atoms with Crippen molar-refractivity contribution < 1.29 is 9.90 Å². The third kappa shape index (κ3) is 2.37. The Balaban J connectivity index is 2.06. The lowest BCUT2D eigenvalue weighted by atomic mass is 10.3. The summed E-state index contributed by atoms with van der Waals surface area (Å²) in [7, 11) is 0. The zero-order valence-electron chi connectivity index (χ0n) is 13.4. The standard InChI is InChI=1S/C18H14N4O3/c1-11-4-2-6-15-20-16-13(17(23)22(11)15)8-14(18(24)25)21(16)10-12-5-3-7-19-9-12/h2-9H,10H2,1H3,(H,24,25). The Labute approximate surface area is 141 Å². The predicted molar refractivity (Wildman–Crippen MR) is 92.0 cm³/mol. The summed E-state index contributed by atoms with van der Waals surface area (Å²) in [6.07, 6.45) is 3.31. The Bertz CT molecular complexity index is 1180. The summed E-state index contributed by atoms with van der Waals surface area (Å²) in [5, 5.41) is 9.84. The van der Waals surface area contributed by atoms with Crippen LogP contribution in [0.5, 0.6) is 0 Å². The number of rotatable bonds is 3. The van der Waals surface area contributed by atoms with E-state index in [9.17, 15) is 14.7 Å². The monoisotopic (exact) mass is 334 g/mol. The topological polar surface area (TPSA) is 89.5 Å². The van der Waals surface area contributed by atoms with Crippen molar-refractivity contribution in [3.63, 3.8) is 0 Å². The molecule has 0 saturated heterocycles. The molecule has 4 heterocycles. The van der Waals surface area contributed by atoms with Crippen LogP contribution < -0.4 is 5.56 Å². The SMILES string of the molecule is Cc1cccc2nc3c(cc(C(=O)O)n3Cc3cccnc3)c(=O)n12. The molecule has 124 valence electrons.